The molecule has 7 heavy (non-hydrogen) atoms. The highest BCUT2D eigenvalue weighted by Gasteiger charge is 1.81. The molecule has 0 aliphatic carbocycles. The van der Waals surface area contributed by atoms with Gasteiger partial charge in [0.15, 0.2) is 0 Å². The Morgan fingerprint density at radius 1 is 1.14 bits per heavy atom. The van der Waals surface area contributed by atoms with E-state index in [1.807, 2.05) is 0 Å². The molecule has 0 heterocycles. The maximum absolute atomic E-state index is 2.25. The Kier molecular flexibility index (Phi) is 8.69. The van der Waals surface area contributed by atoms with Crippen LogP contribution >= 0.6 is 0 Å². The molecule has 44 valence electrons. The summed E-state index contributed by atoms with van der Waals surface area (Å²) in [7, 11) is 2.11. The van der Waals surface area contributed by atoms with Crippen molar-refractivity contribution in [1.29, 1.82) is 0 Å². The molecule has 0 aromatic rings. The van der Waals surface area contributed by atoms with E-state index in [1.54, 1.807) is 0 Å². The van der Waals surface area contributed by atoms with E-state index in [9.17, 15) is 0 Å². The molecule has 0 aromatic heterocycles. The SMILES string of the molecule is B.CCN(C)CC. The number of nitrogens with zero attached hydrogens (tertiary/aromatic N) is 1. The number of rotatable bonds is 2. The van der Waals surface area contributed by atoms with Gasteiger partial charge in [0, 0.05) is 0 Å². The third-order valence-corrected chi connectivity index (χ3v) is 1.08. The minimum absolute atomic E-state index is 0. The van der Waals surface area contributed by atoms with Gasteiger partial charge in [0.2, 0.25) is 0 Å². The molecule has 0 atom stereocenters. The van der Waals surface area contributed by atoms with Crippen molar-refractivity contribution in [2.24, 2.45) is 0 Å². The van der Waals surface area contributed by atoms with Crippen LogP contribution in [0.2, 0.25) is 0 Å². The summed E-state index contributed by atoms with van der Waals surface area (Å²) in [6.07, 6.45) is 0. The second-order valence-electron chi connectivity index (χ2n) is 1.49. The molecule has 0 rings (SSSR count). The van der Waals surface area contributed by atoms with Gasteiger partial charge in [-0.3, -0.25) is 0 Å². The molecule has 0 N–H and O–H groups in total. The maximum atomic E-state index is 2.25. The molecular weight excluding hydrogens is 84.9 g/mol. The van der Waals surface area contributed by atoms with Gasteiger partial charge in [-0.1, -0.05) is 13.8 Å². The Balaban J connectivity index is 0. The topological polar surface area (TPSA) is 3.24 Å². The van der Waals surface area contributed by atoms with Crippen LogP contribution in [0.3, 0.4) is 0 Å². The molecule has 0 saturated heterocycles. The Morgan fingerprint density at radius 2 is 1.43 bits per heavy atom. The van der Waals surface area contributed by atoms with Crippen LogP contribution in [0.4, 0.5) is 0 Å². The van der Waals surface area contributed by atoms with Gasteiger partial charge in [0.1, 0.15) is 0 Å². The monoisotopic (exact) mass is 101 g/mol. The van der Waals surface area contributed by atoms with Gasteiger partial charge in [-0.2, -0.15) is 0 Å². The summed E-state index contributed by atoms with van der Waals surface area (Å²) in [6, 6.07) is 0. The Hall–Kier alpha value is 0.0249. The zero-order chi connectivity index (χ0) is 4.99. The summed E-state index contributed by atoms with van der Waals surface area (Å²) in [4.78, 5) is 2.25. The zero-order valence-electron chi connectivity index (χ0n) is 4.86. The van der Waals surface area contributed by atoms with Crippen LogP contribution in [0.15, 0.2) is 0 Å². The molecule has 0 radical (unpaired) electrons. The standard InChI is InChI=1S/C5H13N.BH3/c1-4-6(3)5-2;/h4-5H2,1-3H3;1H3. The minimum atomic E-state index is 0. The number of hydrogen-bond donors (Lipinski definition) is 0. The second-order valence-corrected chi connectivity index (χ2v) is 1.49. The van der Waals surface area contributed by atoms with Crippen molar-refractivity contribution in [2.75, 3.05) is 20.1 Å². The first-order chi connectivity index (χ1) is 2.81. The summed E-state index contributed by atoms with van der Waals surface area (Å²) in [5.41, 5.74) is 0. The van der Waals surface area contributed by atoms with Crippen LogP contribution in [0.1, 0.15) is 13.8 Å². The molecule has 1 nitrogen and oxygen atoms in total. The summed E-state index contributed by atoms with van der Waals surface area (Å²) in [6.45, 7) is 6.64. The summed E-state index contributed by atoms with van der Waals surface area (Å²) in [5.74, 6) is 0. The average molecular weight is 101 g/mol. The smallest absolute Gasteiger partial charge is 0.0814 e. The average Bonchev–Trinajstić information content (AvgIpc) is 1.65. The highest BCUT2D eigenvalue weighted by molar-refractivity contribution is 5.75. The van der Waals surface area contributed by atoms with Gasteiger partial charge in [0.05, 0.1) is 8.41 Å². The quantitative estimate of drug-likeness (QED) is 0.434. The van der Waals surface area contributed by atoms with Crippen LogP contribution in [0.5, 0.6) is 0 Å². The van der Waals surface area contributed by atoms with Crippen molar-refractivity contribution in [3.8, 4) is 0 Å². The summed E-state index contributed by atoms with van der Waals surface area (Å²) >= 11 is 0. The van der Waals surface area contributed by atoms with E-state index >= 15 is 0 Å². The van der Waals surface area contributed by atoms with E-state index in [1.165, 1.54) is 0 Å². The van der Waals surface area contributed by atoms with Crippen molar-refractivity contribution < 1.29 is 0 Å². The normalized spacial score (nSPS) is 8.57. The zero-order valence-corrected chi connectivity index (χ0v) is 4.86. The lowest BCUT2D eigenvalue weighted by Gasteiger charge is -2.07. The van der Waals surface area contributed by atoms with E-state index in [4.69, 9.17) is 0 Å². The van der Waals surface area contributed by atoms with Gasteiger partial charge in [0.25, 0.3) is 0 Å². The van der Waals surface area contributed by atoms with E-state index in [-0.39, 0.29) is 8.41 Å². The first-order valence-electron chi connectivity index (χ1n) is 2.49. The van der Waals surface area contributed by atoms with Crippen LogP contribution in [0, 0.1) is 0 Å². The molecule has 0 aliphatic rings. The summed E-state index contributed by atoms with van der Waals surface area (Å²) < 4.78 is 0. The highest BCUT2D eigenvalue weighted by atomic mass is 15.1. The predicted octanol–water partition coefficient (Wildman–Crippen LogP) is -0.226. The number of hydrogen-bond acceptors (Lipinski definition) is 1. The van der Waals surface area contributed by atoms with Gasteiger partial charge in [-0.25, -0.2) is 0 Å². The molecule has 0 saturated carbocycles. The van der Waals surface area contributed by atoms with E-state index in [2.05, 4.69) is 25.8 Å². The Bertz CT molecular complexity index is 27.3. The van der Waals surface area contributed by atoms with Crippen LogP contribution in [-0.2, 0) is 0 Å². The molecule has 0 amide bonds. The lowest BCUT2D eigenvalue weighted by Crippen LogP contribution is -2.15. The largest absolute Gasteiger partial charge is 0.307 e. The fraction of sp³-hybridized carbons (Fsp3) is 1.00. The van der Waals surface area contributed by atoms with Gasteiger partial charge in [-0.05, 0) is 20.1 Å². The Morgan fingerprint density at radius 3 is 1.43 bits per heavy atom. The van der Waals surface area contributed by atoms with Crippen molar-refractivity contribution in [1.82, 2.24) is 4.90 Å². The van der Waals surface area contributed by atoms with Crippen LogP contribution < -0.4 is 0 Å². The highest BCUT2D eigenvalue weighted by Crippen LogP contribution is 1.73. The molecule has 0 bridgehead atoms. The molecule has 0 unspecified atom stereocenters. The molecule has 0 spiro atoms. The van der Waals surface area contributed by atoms with Crippen molar-refractivity contribution in [3.05, 3.63) is 0 Å². The van der Waals surface area contributed by atoms with Crippen molar-refractivity contribution in [3.63, 3.8) is 0 Å². The minimum Gasteiger partial charge on any atom is -0.307 e. The van der Waals surface area contributed by atoms with Crippen molar-refractivity contribution in [2.45, 2.75) is 13.8 Å². The van der Waals surface area contributed by atoms with Gasteiger partial charge < -0.3 is 4.90 Å². The van der Waals surface area contributed by atoms with E-state index in [0.29, 0.717) is 0 Å². The van der Waals surface area contributed by atoms with Crippen molar-refractivity contribution >= 4 is 8.41 Å². The third kappa shape index (κ3) is 6.02. The molecule has 0 aliphatic heterocycles. The molecule has 0 fully saturated rings. The lowest BCUT2D eigenvalue weighted by atomic mass is 10.6. The van der Waals surface area contributed by atoms with Crippen LogP contribution in [0.25, 0.3) is 0 Å². The Labute approximate surface area is 48.3 Å². The maximum Gasteiger partial charge on any atom is 0.0814 e. The molecule has 0 aromatic carbocycles. The predicted molar refractivity (Wildman–Crippen MR) is 38.8 cm³/mol. The van der Waals surface area contributed by atoms with Gasteiger partial charge in [-0.15, -0.1) is 0 Å². The van der Waals surface area contributed by atoms with E-state index < -0.39 is 0 Å². The first-order valence-corrected chi connectivity index (χ1v) is 2.49. The molecular formula is C5H16BN. The summed E-state index contributed by atoms with van der Waals surface area (Å²) in [5, 5.41) is 0. The lowest BCUT2D eigenvalue weighted by molar-refractivity contribution is 0.373. The van der Waals surface area contributed by atoms with Gasteiger partial charge >= 0.3 is 0 Å². The van der Waals surface area contributed by atoms with E-state index in [0.717, 1.165) is 13.1 Å². The molecule has 2 heteroatoms. The first kappa shape index (κ1) is 10.1. The second kappa shape index (κ2) is 6.02. The van der Waals surface area contributed by atoms with Crippen LogP contribution in [-0.4, -0.2) is 33.5 Å². The third-order valence-electron chi connectivity index (χ3n) is 1.08. The fourth-order valence-electron chi connectivity index (χ4n) is 0.224. The fourth-order valence-corrected chi connectivity index (χ4v) is 0.224.